The van der Waals surface area contributed by atoms with Crippen molar-refractivity contribution in [2.75, 3.05) is 28.4 Å². The van der Waals surface area contributed by atoms with Crippen molar-refractivity contribution < 1.29 is 44.6 Å². The fraction of sp³-hybridized carbons (Fsp3) is 0.318. The number of halogens is 2. The average Bonchev–Trinajstić information content (AvgIpc) is 4.17. The average molecular weight is 1000 g/mol. The van der Waals surface area contributed by atoms with Crippen LogP contribution in [0.2, 0.25) is 0 Å². The Balaban J connectivity index is 0.000000206. The Morgan fingerprint density at radius 1 is 0.557 bits per heavy atom. The smallest absolute Gasteiger partial charge is 0.189 e. The number of nitrogens with one attached hydrogen (secondary N) is 2. The summed E-state index contributed by atoms with van der Waals surface area (Å²) in [5, 5.41) is 29.4. The lowest BCUT2D eigenvalue weighted by Gasteiger charge is -2.17. The molecule has 0 aliphatic heterocycles. The number of H-pyrrole nitrogens is 2. The molecule has 0 unspecified atom stereocenters. The maximum Gasteiger partial charge on any atom is 0.189 e. The molecule has 0 radical (unpaired) electrons. The molecule has 0 aliphatic rings. The molecule has 0 fully saturated rings. The summed E-state index contributed by atoms with van der Waals surface area (Å²) in [5.74, 6) is 1.06. The first-order valence-corrected chi connectivity index (χ1v) is 24.6. The van der Waals surface area contributed by atoms with Gasteiger partial charge in [-0.2, -0.15) is 10.2 Å². The summed E-state index contributed by atoms with van der Waals surface area (Å²) in [6.07, 6.45) is 4.05. The largest absolute Gasteiger partial charge is 0.494 e. The number of benzene rings is 2. The van der Waals surface area contributed by atoms with E-state index in [9.17, 15) is 25.6 Å². The highest BCUT2D eigenvalue weighted by Crippen LogP contribution is 2.38. The van der Waals surface area contributed by atoms with Crippen molar-refractivity contribution in [3.8, 4) is 57.4 Å². The van der Waals surface area contributed by atoms with Crippen LogP contribution in [0, 0.1) is 25.5 Å². The van der Waals surface area contributed by atoms with Crippen LogP contribution in [-0.2, 0) is 44.0 Å². The fourth-order valence-electron chi connectivity index (χ4n) is 7.09. The maximum atomic E-state index is 13.3. The first-order chi connectivity index (χ1) is 33.5. The van der Waals surface area contributed by atoms with Gasteiger partial charge in [0.05, 0.1) is 63.7 Å². The second-order valence-electron chi connectivity index (χ2n) is 15.7. The molecule has 8 aromatic rings. The van der Waals surface area contributed by atoms with Gasteiger partial charge in [-0.25, -0.2) is 45.6 Å². The second-order valence-corrected chi connectivity index (χ2v) is 20.6. The van der Waals surface area contributed by atoms with Crippen molar-refractivity contribution in [2.24, 2.45) is 0 Å². The Morgan fingerprint density at radius 2 is 0.886 bits per heavy atom. The highest BCUT2D eigenvalue weighted by Gasteiger charge is 2.32. The molecule has 22 nitrogen and oxygen atoms in total. The standard InChI is InChI=1S/2C22H24FN7O4S/c2*1-13-8-16(27-26-13)22-29-28-20(30(22)21-17(33-3)6-5-7-18(21)34-4)12-35(31,32)14(2)9-19-24-10-15(23)11-25-19/h2*5-8,10-11,14H,9,12H2,1-4H3,(H,26,27)/t2*14-/m10/s1. The van der Waals surface area contributed by atoms with Gasteiger partial charge >= 0.3 is 0 Å². The van der Waals surface area contributed by atoms with E-state index < -0.39 is 53.3 Å². The van der Waals surface area contributed by atoms with Crippen molar-refractivity contribution in [3.05, 3.63) is 120 Å². The van der Waals surface area contributed by atoms with E-state index in [0.29, 0.717) is 57.4 Å². The van der Waals surface area contributed by atoms with Gasteiger partial charge in [0.2, 0.25) is 0 Å². The Bertz CT molecular complexity index is 3040. The van der Waals surface area contributed by atoms with Crippen LogP contribution in [-0.4, -0.2) is 126 Å². The number of hydrogen-bond donors (Lipinski definition) is 2. The summed E-state index contributed by atoms with van der Waals surface area (Å²) in [7, 11) is -1.52. The summed E-state index contributed by atoms with van der Waals surface area (Å²) < 4.78 is 105. The predicted molar refractivity (Wildman–Crippen MR) is 249 cm³/mol. The number of rotatable bonds is 18. The molecular weight excluding hydrogens is 955 g/mol. The molecule has 8 rings (SSSR count). The first kappa shape index (κ1) is 50.1. The molecule has 6 heterocycles. The molecule has 0 aliphatic carbocycles. The number of aromatic nitrogens is 14. The highest BCUT2D eigenvalue weighted by atomic mass is 32.2. The molecule has 2 N–H and O–H groups in total. The van der Waals surface area contributed by atoms with Crippen molar-refractivity contribution in [1.29, 1.82) is 0 Å². The van der Waals surface area contributed by atoms with Crippen LogP contribution >= 0.6 is 0 Å². The maximum absolute atomic E-state index is 13.3. The SMILES string of the molecule is COc1cccc(OC)c1-n1c(CS(=O)(=O)[C@@H](C)Cc2ncc(F)cn2)nnc1-c1cc(C)[nH]n1.COc1cccc(OC)c1-n1c(CS(=O)(=O)[C@H](C)Cc2ncc(F)cn2)nnc1-c1cc(C)[nH]n1. The third-order valence-electron chi connectivity index (χ3n) is 10.8. The van der Waals surface area contributed by atoms with Crippen molar-refractivity contribution in [1.82, 2.24) is 69.9 Å². The van der Waals surface area contributed by atoms with E-state index in [-0.39, 0.29) is 36.1 Å². The number of hydrogen-bond acceptors (Lipinski definition) is 18. The molecule has 0 amide bonds. The zero-order valence-corrected chi connectivity index (χ0v) is 40.7. The van der Waals surface area contributed by atoms with E-state index in [2.05, 4.69) is 60.7 Å². The number of para-hydroxylation sites is 2. The van der Waals surface area contributed by atoms with Gasteiger partial charge < -0.3 is 18.9 Å². The predicted octanol–water partition coefficient (Wildman–Crippen LogP) is 4.92. The quantitative estimate of drug-likeness (QED) is 0.115. The lowest BCUT2D eigenvalue weighted by Crippen LogP contribution is -2.24. The van der Waals surface area contributed by atoms with Crippen LogP contribution in [0.4, 0.5) is 8.78 Å². The Labute approximate surface area is 400 Å². The van der Waals surface area contributed by atoms with Gasteiger partial charge in [0.15, 0.2) is 54.6 Å². The lowest BCUT2D eigenvalue weighted by molar-refractivity contribution is 0.390. The third kappa shape index (κ3) is 11.1. The Morgan fingerprint density at radius 3 is 1.17 bits per heavy atom. The zero-order chi connectivity index (χ0) is 50.3. The van der Waals surface area contributed by atoms with E-state index in [1.807, 2.05) is 13.8 Å². The minimum Gasteiger partial charge on any atom is -0.494 e. The van der Waals surface area contributed by atoms with Gasteiger partial charge in [0, 0.05) is 24.2 Å². The topological polar surface area (TPSA) is 276 Å². The van der Waals surface area contributed by atoms with Gasteiger partial charge in [0.1, 0.15) is 68.9 Å². The molecule has 70 heavy (non-hydrogen) atoms. The molecular formula is C44H48F2N14O8S2. The van der Waals surface area contributed by atoms with E-state index in [0.717, 1.165) is 36.2 Å². The van der Waals surface area contributed by atoms with Crippen molar-refractivity contribution in [3.63, 3.8) is 0 Å². The normalized spacial score (nSPS) is 12.5. The van der Waals surface area contributed by atoms with Gasteiger partial charge in [-0.05, 0) is 64.1 Å². The third-order valence-corrected chi connectivity index (χ3v) is 14.9. The molecule has 2 atom stereocenters. The molecule has 0 saturated carbocycles. The van der Waals surface area contributed by atoms with Crippen molar-refractivity contribution in [2.45, 2.75) is 62.5 Å². The summed E-state index contributed by atoms with van der Waals surface area (Å²) in [5.41, 5.74) is 3.42. The summed E-state index contributed by atoms with van der Waals surface area (Å²) >= 11 is 0. The van der Waals surface area contributed by atoms with Crippen LogP contribution in [0.25, 0.3) is 34.4 Å². The van der Waals surface area contributed by atoms with Gasteiger partial charge in [-0.1, -0.05) is 12.1 Å². The molecule has 0 spiro atoms. The van der Waals surface area contributed by atoms with Gasteiger partial charge in [-0.3, -0.25) is 19.3 Å². The number of methoxy groups -OCH3 is 4. The number of sulfone groups is 2. The molecule has 0 saturated heterocycles. The first-order valence-electron chi connectivity index (χ1n) is 21.2. The van der Waals surface area contributed by atoms with E-state index in [1.54, 1.807) is 71.5 Å². The second kappa shape index (κ2) is 21.3. The zero-order valence-electron chi connectivity index (χ0n) is 39.1. The molecule has 2 aromatic carbocycles. The number of nitrogens with zero attached hydrogens (tertiary/aromatic N) is 12. The van der Waals surface area contributed by atoms with Gasteiger partial charge in [-0.15, -0.1) is 20.4 Å². The van der Waals surface area contributed by atoms with Crippen LogP contribution in [0.15, 0.2) is 73.3 Å². The van der Waals surface area contributed by atoms with E-state index in [4.69, 9.17) is 18.9 Å². The number of aromatic amines is 2. The van der Waals surface area contributed by atoms with Crippen LogP contribution in [0.1, 0.15) is 48.5 Å². The number of aryl methyl sites for hydroxylation is 2. The van der Waals surface area contributed by atoms with Crippen LogP contribution in [0.5, 0.6) is 23.0 Å². The van der Waals surface area contributed by atoms with Crippen molar-refractivity contribution >= 4 is 19.7 Å². The number of ether oxygens (including phenoxy) is 4. The molecule has 26 heteroatoms. The Kier molecular flexibility index (Phi) is 15.2. The summed E-state index contributed by atoms with van der Waals surface area (Å²) in [6.45, 7) is 6.77. The molecule has 0 bridgehead atoms. The fourth-order valence-corrected chi connectivity index (χ4v) is 9.56. The summed E-state index contributed by atoms with van der Waals surface area (Å²) in [4.78, 5) is 15.5. The molecule has 368 valence electrons. The summed E-state index contributed by atoms with van der Waals surface area (Å²) in [6, 6.07) is 14.0. The lowest BCUT2D eigenvalue weighted by atomic mass is 10.2. The van der Waals surface area contributed by atoms with E-state index >= 15 is 0 Å². The van der Waals surface area contributed by atoms with Gasteiger partial charge in [0.25, 0.3) is 0 Å². The van der Waals surface area contributed by atoms with Crippen LogP contribution in [0.3, 0.4) is 0 Å². The minimum absolute atomic E-state index is 0.0140. The van der Waals surface area contributed by atoms with Crippen LogP contribution < -0.4 is 18.9 Å². The van der Waals surface area contributed by atoms with E-state index in [1.165, 1.54) is 28.4 Å². The minimum atomic E-state index is -3.76. The molecule has 6 aromatic heterocycles. The highest BCUT2D eigenvalue weighted by molar-refractivity contribution is 7.91. The monoisotopic (exact) mass is 1000 g/mol. The Hall–Kier alpha value is -7.74.